The summed E-state index contributed by atoms with van der Waals surface area (Å²) in [6.45, 7) is -7.58. The minimum absolute atomic E-state index is 0. The average molecular weight is 1810 g/mol. The molecule has 0 saturated heterocycles. The van der Waals surface area contributed by atoms with Crippen molar-refractivity contribution in [3.8, 4) is 0 Å². The van der Waals surface area contributed by atoms with Gasteiger partial charge in [0.15, 0.2) is 0 Å². The molecular formula is C36H12F66NO4P. The zero-order valence-electron chi connectivity index (χ0n) is 46.6. The lowest BCUT2D eigenvalue weighted by atomic mass is 9.82. The van der Waals surface area contributed by atoms with Crippen molar-refractivity contribution in [2.24, 2.45) is 0 Å². The summed E-state index contributed by atoms with van der Waals surface area (Å²) >= 11 is 0. The number of hydrogen-bond acceptors (Lipinski definition) is 4. The van der Waals surface area contributed by atoms with Gasteiger partial charge in [-0.15, -0.1) is 0 Å². The zero-order valence-corrected chi connectivity index (χ0v) is 47.5. The number of phosphoric ester groups is 1. The molecule has 0 radical (unpaired) electrons. The Morgan fingerprint density at radius 2 is 0.250 bits per heavy atom. The molecule has 652 valence electrons. The van der Waals surface area contributed by atoms with Gasteiger partial charge in [-0.2, -0.15) is 290 Å². The molecular weight excluding hydrogens is 1800 g/mol. The van der Waals surface area contributed by atoms with E-state index in [2.05, 4.69) is 9.05 Å². The summed E-state index contributed by atoms with van der Waals surface area (Å²) in [5.74, 6) is -302. The van der Waals surface area contributed by atoms with Gasteiger partial charge in [0, 0.05) is 12.8 Å². The van der Waals surface area contributed by atoms with Gasteiger partial charge < -0.3 is 11.0 Å². The molecule has 5 nitrogen and oxygen atoms in total. The normalized spacial score (nSPS) is 17.2. The second-order valence-corrected chi connectivity index (χ2v) is 21.6. The van der Waals surface area contributed by atoms with Crippen LogP contribution in [0.15, 0.2) is 0 Å². The van der Waals surface area contributed by atoms with Gasteiger partial charge in [0.2, 0.25) is 0 Å². The molecule has 0 heterocycles. The van der Waals surface area contributed by atoms with Gasteiger partial charge in [-0.3, -0.25) is 9.05 Å². The predicted octanol–water partition coefficient (Wildman–Crippen LogP) is 22.2. The van der Waals surface area contributed by atoms with Crippen molar-refractivity contribution in [2.45, 2.75) is 203 Å². The van der Waals surface area contributed by atoms with E-state index in [1.165, 1.54) is 0 Å². The Morgan fingerprint density at radius 3 is 0.343 bits per heavy atom. The van der Waals surface area contributed by atoms with Crippen LogP contribution in [0.1, 0.15) is 12.8 Å². The summed E-state index contributed by atoms with van der Waals surface area (Å²) < 4.78 is 929. The number of rotatable bonds is 36. The Balaban J connectivity index is 0. The molecule has 0 saturated carbocycles. The van der Waals surface area contributed by atoms with Gasteiger partial charge in [-0.1, -0.05) is 0 Å². The Hall–Kier alpha value is -4.55. The van der Waals surface area contributed by atoms with E-state index in [-0.39, 0.29) is 6.15 Å². The predicted molar refractivity (Wildman–Crippen MR) is 197 cm³/mol. The molecule has 4 N–H and O–H groups in total. The maximum atomic E-state index is 14.3. The monoisotopic (exact) mass is 1810 g/mol. The first-order valence-corrected chi connectivity index (χ1v) is 24.5. The number of hydrogen-bond donors (Lipinski definition) is 2. The van der Waals surface area contributed by atoms with Crippen LogP contribution in [-0.4, -0.2) is 208 Å². The Bertz CT molecular complexity index is 2990. The fraction of sp³-hybridized carbons (Fsp3) is 1.00. The molecule has 72 heteroatoms. The second-order valence-electron chi connectivity index (χ2n) is 20.1. The van der Waals surface area contributed by atoms with E-state index in [1.807, 2.05) is 0 Å². The lowest BCUT2D eigenvalue weighted by Crippen LogP contribution is -2.80. The van der Waals surface area contributed by atoms with Crippen LogP contribution in [-0.2, 0) is 13.6 Å². The van der Waals surface area contributed by atoms with Gasteiger partial charge in [0.05, 0.1) is 13.2 Å². The van der Waals surface area contributed by atoms with E-state index in [1.54, 1.807) is 0 Å². The largest absolute Gasteiger partial charge is 0.472 e. The highest BCUT2D eigenvalue weighted by molar-refractivity contribution is 7.47. The fourth-order valence-electron chi connectivity index (χ4n) is 6.48. The van der Waals surface area contributed by atoms with E-state index < -0.39 is 224 Å². The highest BCUT2D eigenvalue weighted by Crippen LogP contribution is 2.74. The minimum Gasteiger partial charge on any atom is -0.344 e. The van der Waals surface area contributed by atoms with E-state index >= 15 is 0 Å². The summed E-state index contributed by atoms with van der Waals surface area (Å²) in [7, 11) is -7.70. The molecule has 0 aromatic rings. The number of phosphoric acid groups is 1. The van der Waals surface area contributed by atoms with E-state index in [4.69, 9.17) is 4.89 Å². The third-order valence-electron chi connectivity index (χ3n) is 13.2. The first-order chi connectivity index (χ1) is 44.9. The molecule has 0 fully saturated rings. The summed E-state index contributed by atoms with van der Waals surface area (Å²) in [5, 5.41) is 0. The van der Waals surface area contributed by atoms with Crippen LogP contribution in [0, 0.1) is 0 Å². The van der Waals surface area contributed by atoms with Crippen LogP contribution < -0.4 is 6.15 Å². The quantitative estimate of drug-likeness (QED) is 0.0482. The average Bonchev–Trinajstić information content (AvgIpc) is 0.681. The lowest BCUT2D eigenvalue weighted by molar-refractivity contribution is -0.491. The molecule has 0 rings (SSSR count). The molecule has 0 atom stereocenters. The standard InChI is InChI=1S/C36H9F66O4P.H3N/c37-5(38,7(41,42)9(45,46)11(49,50)13(53,54)15(57,58)17(61,62)19(65,66)21(69,70)23(73,74)25(77,78)27(81,82)29(85,86)31(89,90)33(93,94)35(97,98)99)1-3-105-107(103,104)106-4-2-6(39,40)8(43,44)10(47,48)12(51,52)14(55,56)16(59,60)18(63,64)20(67,68)22(71,72)24(75,76)26(79,80)28(83,84)30(87,88)32(91,92)34(95,96)36(100,101)102;/h1-4H2,(H,103,104);1H3. The van der Waals surface area contributed by atoms with E-state index in [0.717, 1.165) is 0 Å². The van der Waals surface area contributed by atoms with Gasteiger partial charge in [0.25, 0.3) is 0 Å². The molecule has 0 unspecified atom stereocenters. The Kier molecular flexibility index (Phi) is 25.9. The van der Waals surface area contributed by atoms with Crippen LogP contribution in [0.3, 0.4) is 0 Å². The number of halogens is 66. The summed E-state index contributed by atoms with van der Waals surface area (Å²) in [5.41, 5.74) is 0. The lowest BCUT2D eigenvalue weighted by Gasteiger charge is -2.47. The molecule has 0 aromatic carbocycles. The molecule has 0 aliphatic carbocycles. The van der Waals surface area contributed by atoms with Crippen molar-refractivity contribution in [1.82, 2.24) is 6.15 Å². The van der Waals surface area contributed by atoms with E-state index in [9.17, 15) is 294 Å². The highest BCUT2D eigenvalue weighted by atomic mass is 31.2. The molecule has 0 amide bonds. The van der Waals surface area contributed by atoms with Crippen molar-refractivity contribution < 1.29 is 308 Å². The van der Waals surface area contributed by atoms with Crippen molar-refractivity contribution in [2.75, 3.05) is 13.2 Å². The van der Waals surface area contributed by atoms with Gasteiger partial charge in [-0.25, -0.2) is 4.57 Å². The molecule has 108 heavy (non-hydrogen) atoms. The number of alkyl halides is 66. The smallest absolute Gasteiger partial charge is 0.344 e. The Labute approximate surface area is 539 Å². The third kappa shape index (κ3) is 12.9. The maximum absolute atomic E-state index is 14.3. The first-order valence-electron chi connectivity index (χ1n) is 23.0. The zero-order chi connectivity index (χ0) is 88.7. The van der Waals surface area contributed by atoms with Gasteiger partial charge in [-0.05, 0) is 0 Å². The SMILES string of the molecule is N.O=P(O)(OCCC(F)(F)C(F)(F)C(F)(F)C(F)(F)C(F)(F)C(F)(F)C(F)(F)C(F)(F)C(F)(F)C(F)(F)C(F)(F)C(F)(F)C(F)(F)C(F)(F)C(F)(F)C(F)(F)F)OCCC(F)(F)C(F)(F)C(F)(F)C(F)(F)C(F)(F)C(F)(F)C(F)(F)C(F)(F)C(F)(F)C(F)(F)C(F)(F)C(F)(F)C(F)(F)C(F)(F)C(F)(F)C(F)(F)F. The van der Waals surface area contributed by atoms with Gasteiger partial charge >= 0.3 is 198 Å². The fourth-order valence-corrected chi connectivity index (χ4v) is 7.20. The van der Waals surface area contributed by atoms with Crippen LogP contribution in [0.4, 0.5) is 290 Å². The highest BCUT2D eigenvalue weighted by Gasteiger charge is 3.05. The molecule has 0 aliphatic rings. The van der Waals surface area contributed by atoms with Crippen LogP contribution in [0.2, 0.25) is 0 Å². The maximum Gasteiger partial charge on any atom is 0.472 e. The summed E-state index contributed by atoms with van der Waals surface area (Å²) in [6.07, 6.45) is -26.2. The minimum atomic E-state index is -10.7. The van der Waals surface area contributed by atoms with Crippen molar-refractivity contribution in [3.05, 3.63) is 0 Å². The van der Waals surface area contributed by atoms with Crippen molar-refractivity contribution in [3.63, 3.8) is 0 Å². The van der Waals surface area contributed by atoms with Crippen LogP contribution in [0.25, 0.3) is 0 Å². The second kappa shape index (κ2) is 26.5. The third-order valence-corrected chi connectivity index (χ3v) is 14.2. The molecule has 0 aromatic heterocycles. The summed E-state index contributed by atoms with van der Waals surface area (Å²) in [6, 6.07) is 0. The molecule has 0 aliphatic heterocycles. The van der Waals surface area contributed by atoms with Crippen molar-refractivity contribution in [1.29, 1.82) is 0 Å². The van der Waals surface area contributed by atoms with Gasteiger partial charge in [0.1, 0.15) is 0 Å². The molecule has 0 spiro atoms. The Morgan fingerprint density at radius 1 is 0.167 bits per heavy atom. The van der Waals surface area contributed by atoms with Crippen molar-refractivity contribution >= 4 is 7.82 Å². The summed E-state index contributed by atoms with van der Waals surface area (Å²) in [4.78, 5) is 9.07. The topological polar surface area (TPSA) is 90.8 Å². The molecule has 0 bridgehead atoms. The van der Waals surface area contributed by atoms with E-state index in [0.29, 0.717) is 0 Å². The van der Waals surface area contributed by atoms with Crippen LogP contribution in [0.5, 0.6) is 0 Å². The van der Waals surface area contributed by atoms with Crippen LogP contribution >= 0.6 is 7.82 Å². The first kappa shape index (κ1) is 105.